The lowest BCUT2D eigenvalue weighted by atomic mass is 10.2. The van der Waals surface area contributed by atoms with Crippen molar-refractivity contribution in [1.29, 1.82) is 0 Å². The van der Waals surface area contributed by atoms with Crippen molar-refractivity contribution in [2.45, 2.75) is 32.7 Å². The third-order valence-electron chi connectivity index (χ3n) is 3.44. The Hall–Kier alpha value is -1.57. The van der Waals surface area contributed by atoms with Crippen LogP contribution in [0.1, 0.15) is 27.1 Å². The van der Waals surface area contributed by atoms with Gasteiger partial charge in [-0.25, -0.2) is 14.6 Å². The number of thiophene rings is 1. The Balaban J connectivity index is 1.73. The van der Waals surface area contributed by atoms with Gasteiger partial charge < -0.3 is 5.11 Å². The summed E-state index contributed by atoms with van der Waals surface area (Å²) in [5.41, 5.74) is 2.97. The molecule has 0 aromatic carbocycles. The van der Waals surface area contributed by atoms with Crippen LogP contribution < -0.4 is 0 Å². The highest BCUT2D eigenvalue weighted by atomic mass is 32.1. The molecule has 3 aromatic heterocycles. The van der Waals surface area contributed by atoms with Crippen LogP contribution in [0.2, 0.25) is 0 Å². The molecule has 0 saturated heterocycles. The summed E-state index contributed by atoms with van der Waals surface area (Å²) in [7, 11) is 0. The summed E-state index contributed by atoms with van der Waals surface area (Å²) in [6, 6.07) is 4.13. The van der Waals surface area contributed by atoms with Crippen LogP contribution in [0.3, 0.4) is 0 Å². The third kappa shape index (κ3) is 3.60. The van der Waals surface area contributed by atoms with Crippen LogP contribution in [0.4, 0.5) is 0 Å². The Labute approximate surface area is 137 Å². The Kier molecular flexibility index (Phi) is 4.97. The standard InChI is InChI=1S/C15H18N4OS2/c1-11-13(22-10-16-11)4-5-15-17-14(18-19(15)6-7-20)9-12-3-2-8-21-12/h2-3,8,10,20H,4-7,9H2,1H3. The molecule has 0 bridgehead atoms. The zero-order valence-electron chi connectivity index (χ0n) is 12.4. The van der Waals surface area contributed by atoms with Gasteiger partial charge in [-0.2, -0.15) is 5.10 Å². The molecule has 5 nitrogen and oxygen atoms in total. The van der Waals surface area contributed by atoms with Crippen LogP contribution in [-0.4, -0.2) is 31.5 Å². The molecular formula is C15H18N4OS2. The molecule has 7 heteroatoms. The van der Waals surface area contributed by atoms with Crippen LogP contribution in [0.15, 0.2) is 23.0 Å². The Bertz CT molecular complexity index is 718. The normalized spacial score (nSPS) is 11.2. The van der Waals surface area contributed by atoms with Crippen molar-refractivity contribution in [2.24, 2.45) is 0 Å². The van der Waals surface area contributed by atoms with Gasteiger partial charge in [0.2, 0.25) is 0 Å². The van der Waals surface area contributed by atoms with E-state index in [1.165, 1.54) is 9.75 Å². The van der Waals surface area contributed by atoms with Gasteiger partial charge in [-0.1, -0.05) is 6.07 Å². The number of hydrogen-bond acceptors (Lipinski definition) is 6. The predicted octanol–water partition coefficient (Wildman–Crippen LogP) is 2.47. The van der Waals surface area contributed by atoms with E-state index >= 15 is 0 Å². The van der Waals surface area contributed by atoms with Gasteiger partial charge in [0.05, 0.1) is 24.4 Å². The molecule has 0 saturated carbocycles. The van der Waals surface area contributed by atoms with Crippen LogP contribution in [0.25, 0.3) is 0 Å². The van der Waals surface area contributed by atoms with Gasteiger partial charge >= 0.3 is 0 Å². The first kappa shape index (κ1) is 15.3. The fourth-order valence-corrected chi connectivity index (χ4v) is 3.80. The Morgan fingerprint density at radius 3 is 2.86 bits per heavy atom. The number of hydrogen-bond donors (Lipinski definition) is 1. The first-order chi connectivity index (χ1) is 10.8. The van der Waals surface area contributed by atoms with Gasteiger partial charge in [0.25, 0.3) is 0 Å². The smallest absolute Gasteiger partial charge is 0.156 e. The van der Waals surface area contributed by atoms with Gasteiger partial charge in [-0.15, -0.1) is 22.7 Å². The van der Waals surface area contributed by atoms with Crippen molar-refractivity contribution in [3.05, 3.63) is 50.1 Å². The van der Waals surface area contributed by atoms with Gasteiger partial charge in [-0.05, 0) is 24.8 Å². The zero-order valence-corrected chi connectivity index (χ0v) is 14.0. The summed E-state index contributed by atoms with van der Waals surface area (Å²) < 4.78 is 1.83. The van der Waals surface area contributed by atoms with Crippen molar-refractivity contribution in [2.75, 3.05) is 6.61 Å². The average Bonchev–Trinajstić information content (AvgIpc) is 3.21. The lowest BCUT2D eigenvalue weighted by Crippen LogP contribution is -2.09. The minimum atomic E-state index is 0.0778. The minimum absolute atomic E-state index is 0.0778. The van der Waals surface area contributed by atoms with E-state index in [4.69, 9.17) is 0 Å². The summed E-state index contributed by atoms with van der Waals surface area (Å²) in [5.74, 6) is 1.76. The summed E-state index contributed by atoms with van der Waals surface area (Å²) in [5, 5.41) is 15.8. The van der Waals surface area contributed by atoms with Crippen LogP contribution in [-0.2, 0) is 25.8 Å². The molecule has 116 valence electrons. The van der Waals surface area contributed by atoms with Crippen LogP contribution in [0, 0.1) is 6.92 Å². The highest BCUT2D eigenvalue weighted by Crippen LogP contribution is 2.16. The maximum atomic E-state index is 9.21. The molecule has 3 rings (SSSR count). The van der Waals surface area contributed by atoms with Crippen LogP contribution in [0.5, 0.6) is 0 Å². The number of aryl methyl sites for hydroxylation is 3. The number of aromatic nitrogens is 4. The average molecular weight is 334 g/mol. The fraction of sp³-hybridized carbons (Fsp3) is 0.400. The van der Waals surface area contributed by atoms with Crippen molar-refractivity contribution < 1.29 is 5.11 Å². The Morgan fingerprint density at radius 1 is 1.27 bits per heavy atom. The maximum absolute atomic E-state index is 9.21. The van der Waals surface area contributed by atoms with E-state index in [9.17, 15) is 5.11 Å². The molecule has 0 aliphatic heterocycles. The number of rotatable bonds is 7. The van der Waals surface area contributed by atoms with E-state index in [1.807, 2.05) is 23.2 Å². The molecule has 22 heavy (non-hydrogen) atoms. The van der Waals surface area contributed by atoms with Gasteiger partial charge in [-0.3, -0.25) is 0 Å². The lowest BCUT2D eigenvalue weighted by molar-refractivity contribution is 0.266. The third-order valence-corrected chi connectivity index (χ3v) is 5.31. The van der Waals surface area contributed by atoms with Gasteiger partial charge in [0, 0.05) is 22.6 Å². The maximum Gasteiger partial charge on any atom is 0.156 e. The molecule has 0 aliphatic carbocycles. The van der Waals surface area contributed by atoms with Gasteiger partial charge in [0.1, 0.15) is 5.82 Å². The Morgan fingerprint density at radius 2 is 2.18 bits per heavy atom. The van der Waals surface area contributed by atoms with E-state index in [0.717, 1.165) is 36.6 Å². The zero-order chi connectivity index (χ0) is 15.4. The second-order valence-corrected chi connectivity index (χ2v) is 6.98. The second kappa shape index (κ2) is 7.13. The van der Waals surface area contributed by atoms with Crippen molar-refractivity contribution in [3.63, 3.8) is 0 Å². The molecule has 0 aliphatic rings. The number of aliphatic hydroxyl groups excluding tert-OH is 1. The molecule has 1 N–H and O–H groups in total. The van der Waals surface area contributed by atoms with Gasteiger partial charge in [0.15, 0.2) is 5.82 Å². The predicted molar refractivity (Wildman–Crippen MR) is 88.5 cm³/mol. The largest absolute Gasteiger partial charge is 0.394 e. The number of aliphatic hydroxyl groups is 1. The molecular weight excluding hydrogens is 316 g/mol. The SMILES string of the molecule is Cc1ncsc1CCc1nc(Cc2cccs2)nn1CCO. The van der Waals surface area contributed by atoms with Crippen LogP contribution >= 0.6 is 22.7 Å². The summed E-state index contributed by atoms with van der Waals surface area (Å²) >= 11 is 3.40. The monoisotopic (exact) mass is 334 g/mol. The van der Waals surface area contributed by atoms with E-state index < -0.39 is 0 Å². The minimum Gasteiger partial charge on any atom is -0.394 e. The second-order valence-electron chi connectivity index (χ2n) is 5.01. The first-order valence-electron chi connectivity index (χ1n) is 7.21. The summed E-state index contributed by atoms with van der Waals surface area (Å²) in [6.07, 6.45) is 2.49. The van der Waals surface area contributed by atoms with E-state index in [0.29, 0.717) is 6.54 Å². The lowest BCUT2D eigenvalue weighted by Gasteiger charge is -2.03. The molecule has 0 amide bonds. The number of nitrogens with zero attached hydrogens (tertiary/aromatic N) is 4. The first-order valence-corrected chi connectivity index (χ1v) is 8.97. The topological polar surface area (TPSA) is 63.8 Å². The molecule has 0 atom stereocenters. The van der Waals surface area contributed by atoms with Crippen molar-refractivity contribution in [3.8, 4) is 0 Å². The molecule has 3 aromatic rings. The summed E-state index contributed by atoms with van der Waals surface area (Å²) in [4.78, 5) is 11.5. The summed E-state index contributed by atoms with van der Waals surface area (Å²) in [6.45, 7) is 2.61. The molecule has 0 fully saturated rings. The van der Waals surface area contributed by atoms with Crippen molar-refractivity contribution >= 4 is 22.7 Å². The highest BCUT2D eigenvalue weighted by Gasteiger charge is 2.12. The molecule has 0 radical (unpaired) electrons. The van der Waals surface area contributed by atoms with Crippen molar-refractivity contribution in [1.82, 2.24) is 19.7 Å². The number of thiazole rings is 1. The quantitative estimate of drug-likeness (QED) is 0.721. The highest BCUT2D eigenvalue weighted by molar-refractivity contribution is 7.10. The van der Waals surface area contributed by atoms with E-state index in [-0.39, 0.29) is 6.61 Å². The molecule has 0 spiro atoms. The molecule has 3 heterocycles. The fourth-order valence-electron chi connectivity index (χ4n) is 2.32. The molecule has 0 unspecified atom stereocenters. The van der Waals surface area contributed by atoms with E-state index in [2.05, 4.69) is 26.5 Å². The van der Waals surface area contributed by atoms with E-state index in [1.54, 1.807) is 22.7 Å².